The predicted molar refractivity (Wildman–Crippen MR) is 102 cm³/mol. The predicted octanol–water partition coefficient (Wildman–Crippen LogP) is 2.80. The van der Waals surface area contributed by atoms with Gasteiger partial charge in [0.05, 0.1) is 25.4 Å². The lowest BCUT2D eigenvalue weighted by Gasteiger charge is -2.27. The van der Waals surface area contributed by atoms with Gasteiger partial charge in [0.1, 0.15) is 5.69 Å². The highest BCUT2D eigenvalue weighted by molar-refractivity contribution is 6.01. The second-order valence-electron chi connectivity index (χ2n) is 6.63. The van der Waals surface area contributed by atoms with Crippen molar-refractivity contribution in [2.45, 2.75) is 27.3 Å². The summed E-state index contributed by atoms with van der Waals surface area (Å²) >= 11 is 0. The fraction of sp³-hybridized carbons (Fsp3) is 0.429. The molecule has 1 amide bonds. The standard InChI is InChI=1S/C21H26N2O4/c1-4-27-21(25)19-15(2)18(20(24)22-10-12-26-13-11-22)16(3)23(19)14-17-8-6-5-7-9-17/h5-9H,4,10-14H2,1-3H3. The summed E-state index contributed by atoms with van der Waals surface area (Å²) in [6.07, 6.45) is 0. The summed E-state index contributed by atoms with van der Waals surface area (Å²) in [6, 6.07) is 9.90. The molecule has 0 bridgehead atoms. The van der Waals surface area contributed by atoms with E-state index < -0.39 is 5.97 Å². The Balaban J connectivity index is 2.04. The van der Waals surface area contributed by atoms with E-state index in [1.807, 2.05) is 48.7 Å². The van der Waals surface area contributed by atoms with Crippen molar-refractivity contribution in [2.24, 2.45) is 0 Å². The van der Waals surface area contributed by atoms with Gasteiger partial charge in [-0.05, 0) is 31.9 Å². The Kier molecular flexibility index (Phi) is 5.96. The fourth-order valence-electron chi connectivity index (χ4n) is 3.56. The van der Waals surface area contributed by atoms with Crippen LogP contribution in [0, 0.1) is 13.8 Å². The molecule has 27 heavy (non-hydrogen) atoms. The summed E-state index contributed by atoms with van der Waals surface area (Å²) in [6.45, 7) is 8.52. The minimum Gasteiger partial charge on any atom is -0.461 e. The Labute approximate surface area is 159 Å². The van der Waals surface area contributed by atoms with Crippen LogP contribution >= 0.6 is 0 Å². The number of benzene rings is 1. The van der Waals surface area contributed by atoms with Crippen LogP contribution in [0.2, 0.25) is 0 Å². The summed E-state index contributed by atoms with van der Waals surface area (Å²) < 4.78 is 12.5. The quantitative estimate of drug-likeness (QED) is 0.760. The first-order valence-corrected chi connectivity index (χ1v) is 9.32. The fourth-order valence-corrected chi connectivity index (χ4v) is 3.56. The average molecular weight is 370 g/mol. The minimum atomic E-state index is -0.393. The van der Waals surface area contributed by atoms with E-state index in [-0.39, 0.29) is 5.91 Å². The highest BCUT2D eigenvalue weighted by Gasteiger charge is 2.30. The monoisotopic (exact) mass is 370 g/mol. The summed E-state index contributed by atoms with van der Waals surface area (Å²) in [5.74, 6) is -0.444. The number of nitrogens with zero attached hydrogens (tertiary/aromatic N) is 2. The van der Waals surface area contributed by atoms with E-state index in [4.69, 9.17) is 9.47 Å². The maximum atomic E-state index is 13.1. The summed E-state index contributed by atoms with van der Waals surface area (Å²) in [7, 11) is 0. The van der Waals surface area contributed by atoms with Crippen molar-refractivity contribution < 1.29 is 19.1 Å². The number of rotatable bonds is 5. The van der Waals surface area contributed by atoms with Crippen LogP contribution in [0.15, 0.2) is 30.3 Å². The van der Waals surface area contributed by atoms with Crippen LogP contribution in [0.25, 0.3) is 0 Å². The molecule has 2 aromatic rings. The van der Waals surface area contributed by atoms with Crippen LogP contribution in [0.5, 0.6) is 0 Å². The first-order chi connectivity index (χ1) is 13.0. The number of hydrogen-bond acceptors (Lipinski definition) is 4. The smallest absolute Gasteiger partial charge is 0.355 e. The van der Waals surface area contributed by atoms with Crippen molar-refractivity contribution >= 4 is 11.9 Å². The van der Waals surface area contributed by atoms with Crippen molar-refractivity contribution in [3.8, 4) is 0 Å². The average Bonchev–Trinajstić information content (AvgIpc) is 2.93. The molecule has 6 nitrogen and oxygen atoms in total. The van der Waals surface area contributed by atoms with Crippen molar-refractivity contribution in [1.29, 1.82) is 0 Å². The molecule has 1 aliphatic rings. The van der Waals surface area contributed by atoms with Gasteiger partial charge in [-0.15, -0.1) is 0 Å². The molecule has 0 unspecified atom stereocenters. The molecule has 1 aromatic heterocycles. The van der Waals surface area contributed by atoms with Crippen molar-refractivity contribution in [1.82, 2.24) is 9.47 Å². The maximum Gasteiger partial charge on any atom is 0.355 e. The van der Waals surface area contributed by atoms with Gasteiger partial charge in [-0.25, -0.2) is 4.79 Å². The van der Waals surface area contributed by atoms with E-state index in [1.54, 1.807) is 11.8 Å². The Morgan fingerprint density at radius 3 is 2.41 bits per heavy atom. The molecule has 6 heteroatoms. The molecule has 2 heterocycles. The Hall–Kier alpha value is -2.60. The third kappa shape index (κ3) is 3.90. The molecule has 1 aliphatic heterocycles. The van der Waals surface area contributed by atoms with E-state index >= 15 is 0 Å². The molecule has 0 N–H and O–H groups in total. The lowest BCUT2D eigenvalue weighted by Crippen LogP contribution is -2.41. The van der Waals surface area contributed by atoms with Crippen molar-refractivity contribution in [3.05, 3.63) is 58.4 Å². The van der Waals surface area contributed by atoms with Crippen molar-refractivity contribution in [3.63, 3.8) is 0 Å². The number of amides is 1. The first-order valence-electron chi connectivity index (χ1n) is 9.32. The Bertz CT molecular complexity index is 820. The van der Waals surface area contributed by atoms with Crippen LogP contribution in [-0.4, -0.2) is 54.3 Å². The summed E-state index contributed by atoms with van der Waals surface area (Å²) in [5.41, 5.74) is 3.58. The molecule has 3 rings (SSSR count). The van der Waals surface area contributed by atoms with Gasteiger partial charge in [-0.1, -0.05) is 30.3 Å². The van der Waals surface area contributed by atoms with Crippen LogP contribution in [0.4, 0.5) is 0 Å². The summed E-state index contributed by atoms with van der Waals surface area (Å²) in [4.78, 5) is 27.6. The molecule has 0 spiro atoms. The van der Waals surface area contributed by atoms with E-state index in [0.29, 0.717) is 56.3 Å². The number of esters is 1. The van der Waals surface area contributed by atoms with Gasteiger partial charge in [0.2, 0.25) is 0 Å². The second kappa shape index (κ2) is 8.39. The van der Waals surface area contributed by atoms with E-state index in [9.17, 15) is 9.59 Å². The van der Waals surface area contributed by atoms with Gasteiger partial charge < -0.3 is 18.9 Å². The Morgan fingerprint density at radius 2 is 1.78 bits per heavy atom. The third-order valence-corrected chi connectivity index (χ3v) is 4.93. The van der Waals surface area contributed by atoms with Gasteiger partial charge in [-0.2, -0.15) is 0 Å². The minimum absolute atomic E-state index is 0.0503. The molecule has 0 saturated carbocycles. The van der Waals surface area contributed by atoms with Gasteiger partial charge >= 0.3 is 5.97 Å². The zero-order chi connectivity index (χ0) is 19.4. The molecule has 144 valence electrons. The normalized spacial score (nSPS) is 14.3. The molecule has 1 saturated heterocycles. The number of aromatic nitrogens is 1. The number of morpholine rings is 1. The van der Waals surface area contributed by atoms with Crippen molar-refractivity contribution in [2.75, 3.05) is 32.9 Å². The van der Waals surface area contributed by atoms with Crippen LogP contribution in [0.3, 0.4) is 0 Å². The lowest BCUT2D eigenvalue weighted by molar-refractivity contribution is 0.0302. The van der Waals surface area contributed by atoms with Gasteiger partial charge in [-0.3, -0.25) is 4.79 Å². The van der Waals surface area contributed by atoms with Gasteiger partial charge in [0.25, 0.3) is 5.91 Å². The molecule has 0 aliphatic carbocycles. The second-order valence-corrected chi connectivity index (χ2v) is 6.63. The highest BCUT2D eigenvalue weighted by atomic mass is 16.5. The van der Waals surface area contributed by atoms with Gasteiger partial charge in [0.15, 0.2) is 0 Å². The number of hydrogen-bond donors (Lipinski definition) is 0. The van der Waals surface area contributed by atoms with E-state index in [2.05, 4.69) is 0 Å². The highest BCUT2D eigenvalue weighted by Crippen LogP contribution is 2.26. The molecular weight excluding hydrogens is 344 g/mol. The number of carbonyl (C=O) groups is 2. The van der Waals surface area contributed by atoms with Crippen LogP contribution in [-0.2, 0) is 16.0 Å². The van der Waals surface area contributed by atoms with Gasteiger partial charge in [0, 0.05) is 25.3 Å². The lowest BCUT2D eigenvalue weighted by atomic mass is 10.1. The molecule has 0 atom stereocenters. The summed E-state index contributed by atoms with van der Waals surface area (Å²) in [5, 5.41) is 0. The zero-order valence-electron chi connectivity index (χ0n) is 16.2. The number of carbonyl (C=O) groups excluding carboxylic acids is 2. The van der Waals surface area contributed by atoms with Crippen LogP contribution in [0.1, 0.15) is 44.6 Å². The maximum absolute atomic E-state index is 13.1. The topological polar surface area (TPSA) is 60.8 Å². The SMILES string of the molecule is CCOC(=O)c1c(C)c(C(=O)N2CCOCC2)c(C)n1Cc1ccccc1. The van der Waals surface area contributed by atoms with E-state index in [1.165, 1.54) is 0 Å². The number of ether oxygens (including phenoxy) is 2. The first kappa shape index (κ1) is 19.2. The molecule has 1 aromatic carbocycles. The molecule has 0 radical (unpaired) electrons. The molecular formula is C21H26N2O4. The molecule has 1 fully saturated rings. The van der Waals surface area contributed by atoms with E-state index in [0.717, 1.165) is 11.3 Å². The Morgan fingerprint density at radius 1 is 1.11 bits per heavy atom. The zero-order valence-corrected chi connectivity index (χ0v) is 16.2. The largest absolute Gasteiger partial charge is 0.461 e. The van der Waals surface area contributed by atoms with Crippen LogP contribution < -0.4 is 0 Å². The third-order valence-electron chi connectivity index (χ3n) is 4.93.